The van der Waals surface area contributed by atoms with Crippen LogP contribution in [0.3, 0.4) is 0 Å². The number of carbonyl (C=O) groups excluding carboxylic acids is 1. The summed E-state index contributed by atoms with van der Waals surface area (Å²) in [6.07, 6.45) is 1.94. The highest BCUT2D eigenvalue weighted by Crippen LogP contribution is 2.49. The van der Waals surface area contributed by atoms with Crippen LogP contribution in [0.2, 0.25) is 0 Å². The van der Waals surface area contributed by atoms with E-state index in [2.05, 4.69) is 5.32 Å². The Labute approximate surface area is 154 Å². The maximum Gasteiger partial charge on any atom is 0.433 e. The first-order valence-corrected chi connectivity index (χ1v) is 8.56. The molecule has 1 aromatic heterocycles. The molecule has 2 aliphatic rings. The smallest absolute Gasteiger partial charge is 0.433 e. The Kier molecular flexibility index (Phi) is 4.10. The lowest BCUT2D eigenvalue weighted by Gasteiger charge is -2.33. The van der Waals surface area contributed by atoms with E-state index in [9.17, 15) is 14.9 Å². The number of hydrogen-bond donors (Lipinski definition) is 1. The summed E-state index contributed by atoms with van der Waals surface area (Å²) in [6, 6.07) is 6.46. The predicted molar refractivity (Wildman–Crippen MR) is 96.3 cm³/mol. The van der Waals surface area contributed by atoms with Crippen molar-refractivity contribution in [2.45, 2.75) is 25.2 Å². The first-order valence-electron chi connectivity index (χ1n) is 8.56. The number of ketones is 1. The van der Waals surface area contributed by atoms with Crippen molar-refractivity contribution in [3.05, 3.63) is 57.0 Å². The zero-order valence-electron chi connectivity index (χ0n) is 14.9. The quantitative estimate of drug-likeness (QED) is 0.645. The fraction of sp³-hybridized carbons (Fsp3) is 0.316. The van der Waals surface area contributed by atoms with Crippen LogP contribution < -0.4 is 14.8 Å². The number of furan rings is 1. The molecule has 0 radical (unpaired) electrons. The molecule has 1 aliphatic carbocycles. The number of Topliss-reactive ketones (excluding diaryl/α,β-unsaturated/α-hetero) is 1. The van der Waals surface area contributed by atoms with Gasteiger partial charge in [0, 0.05) is 29.4 Å². The SMILES string of the molecule is COc1cc2c(cc1OC)[C@@H](c1ccc([N+](=O)[O-])o1)C1=C(CCCC1=O)N2. The molecule has 0 saturated heterocycles. The summed E-state index contributed by atoms with van der Waals surface area (Å²) in [7, 11) is 3.08. The number of benzene rings is 1. The third-order valence-electron chi connectivity index (χ3n) is 4.97. The molecule has 0 unspecified atom stereocenters. The van der Waals surface area contributed by atoms with Crippen LogP contribution in [0.5, 0.6) is 11.5 Å². The molecule has 1 aromatic carbocycles. The van der Waals surface area contributed by atoms with Gasteiger partial charge in [0.2, 0.25) is 0 Å². The molecule has 0 saturated carbocycles. The van der Waals surface area contributed by atoms with Crippen molar-refractivity contribution >= 4 is 17.4 Å². The average Bonchev–Trinajstić information content (AvgIpc) is 3.15. The van der Waals surface area contributed by atoms with E-state index in [-0.39, 0.29) is 11.7 Å². The Morgan fingerprint density at radius 2 is 1.93 bits per heavy atom. The van der Waals surface area contributed by atoms with E-state index in [0.717, 1.165) is 29.8 Å². The molecule has 0 amide bonds. The number of nitro groups is 1. The number of carbonyl (C=O) groups is 1. The summed E-state index contributed by atoms with van der Waals surface area (Å²) in [5.41, 5.74) is 2.95. The fourth-order valence-corrected chi connectivity index (χ4v) is 3.78. The van der Waals surface area contributed by atoms with Gasteiger partial charge < -0.3 is 19.2 Å². The minimum atomic E-state index is -0.585. The van der Waals surface area contributed by atoms with Gasteiger partial charge in [0.15, 0.2) is 17.3 Å². The average molecular weight is 370 g/mol. The van der Waals surface area contributed by atoms with Gasteiger partial charge in [-0.15, -0.1) is 0 Å². The molecular formula is C19H18N2O6. The van der Waals surface area contributed by atoms with Crippen molar-refractivity contribution in [2.75, 3.05) is 19.5 Å². The van der Waals surface area contributed by atoms with Gasteiger partial charge in [-0.05, 0) is 30.5 Å². The van der Waals surface area contributed by atoms with Gasteiger partial charge in [0.1, 0.15) is 10.7 Å². The van der Waals surface area contributed by atoms with E-state index in [1.54, 1.807) is 25.3 Å². The maximum atomic E-state index is 12.7. The summed E-state index contributed by atoms with van der Waals surface area (Å²) in [4.78, 5) is 23.2. The Balaban J connectivity index is 1.93. The highest BCUT2D eigenvalue weighted by molar-refractivity contribution is 6.01. The molecule has 0 bridgehead atoms. The molecule has 8 nitrogen and oxygen atoms in total. The normalized spacial score (nSPS) is 18.4. The molecule has 1 N–H and O–H groups in total. The third-order valence-corrected chi connectivity index (χ3v) is 4.97. The zero-order valence-corrected chi connectivity index (χ0v) is 14.9. The number of rotatable bonds is 4. The molecule has 4 rings (SSSR count). The first kappa shape index (κ1) is 17.1. The molecule has 140 valence electrons. The van der Waals surface area contributed by atoms with E-state index in [0.29, 0.717) is 29.3 Å². The van der Waals surface area contributed by atoms with Crippen molar-refractivity contribution < 1.29 is 23.6 Å². The Bertz CT molecular complexity index is 975. The number of nitrogens with zero attached hydrogens (tertiary/aromatic N) is 1. The number of anilines is 1. The largest absolute Gasteiger partial charge is 0.493 e. The number of nitrogens with one attached hydrogen (secondary N) is 1. The van der Waals surface area contributed by atoms with Gasteiger partial charge in [-0.25, -0.2) is 0 Å². The lowest BCUT2D eigenvalue weighted by molar-refractivity contribution is -0.402. The first-order chi connectivity index (χ1) is 13.0. The summed E-state index contributed by atoms with van der Waals surface area (Å²) < 4.78 is 16.3. The molecule has 2 aromatic rings. The second-order valence-electron chi connectivity index (χ2n) is 6.45. The highest BCUT2D eigenvalue weighted by atomic mass is 16.6. The van der Waals surface area contributed by atoms with Gasteiger partial charge in [0.25, 0.3) is 0 Å². The van der Waals surface area contributed by atoms with Crippen molar-refractivity contribution in [1.82, 2.24) is 0 Å². The molecule has 0 spiro atoms. The molecule has 1 aliphatic heterocycles. The van der Waals surface area contributed by atoms with Crippen LogP contribution in [-0.2, 0) is 4.79 Å². The maximum absolute atomic E-state index is 12.7. The highest BCUT2D eigenvalue weighted by Gasteiger charge is 2.38. The van der Waals surface area contributed by atoms with Crippen LogP contribution in [0.4, 0.5) is 11.6 Å². The number of allylic oxidation sites excluding steroid dienone is 2. The lowest BCUT2D eigenvalue weighted by atomic mass is 9.77. The molecule has 8 heteroatoms. The predicted octanol–water partition coefficient (Wildman–Crippen LogP) is 3.77. The van der Waals surface area contributed by atoms with Crippen LogP contribution >= 0.6 is 0 Å². The Morgan fingerprint density at radius 1 is 1.19 bits per heavy atom. The van der Waals surface area contributed by atoms with Gasteiger partial charge >= 0.3 is 5.88 Å². The standard InChI is InChI=1S/C19H18N2O6/c1-25-15-8-10-12(9-16(15)26-2)20-11-4-3-5-13(22)19(11)18(10)14-6-7-17(27-14)21(23)24/h6-9,18,20H,3-5H2,1-2H3/t18-/m0/s1. The summed E-state index contributed by atoms with van der Waals surface area (Å²) in [6.45, 7) is 0. The lowest BCUT2D eigenvalue weighted by Crippen LogP contribution is -2.26. The second kappa shape index (κ2) is 6.46. The van der Waals surface area contributed by atoms with Gasteiger partial charge in [0.05, 0.1) is 26.2 Å². The number of hydrogen-bond acceptors (Lipinski definition) is 7. The van der Waals surface area contributed by atoms with E-state index in [1.807, 2.05) is 0 Å². The molecule has 27 heavy (non-hydrogen) atoms. The van der Waals surface area contributed by atoms with E-state index in [4.69, 9.17) is 13.9 Å². The summed E-state index contributed by atoms with van der Waals surface area (Å²) >= 11 is 0. The Hall–Kier alpha value is -3.29. The minimum absolute atomic E-state index is 0.0215. The third kappa shape index (κ3) is 2.73. The van der Waals surface area contributed by atoms with Crippen molar-refractivity contribution in [3.8, 4) is 11.5 Å². The van der Waals surface area contributed by atoms with Gasteiger partial charge in [-0.2, -0.15) is 0 Å². The number of ether oxygens (including phenoxy) is 2. The molecule has 2 heterocycles. The van der Waals surface area contributed by atoms with Crippen molar-refractivity contribution in [1.29, 1.82) is 0 Å². The van der Waals surface area contributed by atoms with Crippen LogP contribution in [0.1, 0.15) is 36.5 Å². The molecule has 1 atom stereocenters. The summed E-state index contributed by atoms with van der Waals surface area (Å²) in [5.74, 6) is 0.566. The topological polar surface area (TPSA) is 104 Å². The van der Waals surface area contributed by atoms with E-state index >= 15 is 0 Å². The van der Waals surface area contributed by atoms with Crippen LogP contribution in [0, 0.1) is 10.1 Å². The Morgan fingerprint density at radius 3 is 2.59 bits per heavy atom. The van der Waals surface area contributed by atoms with Gasteiger partial charge in [-0.3, -0.25) is 14.9 Å². The van der Waals surface area contributed by atoms with Gasteiger partial charge in [-0.1, -0.05) is 0 Å². The zero-order chi connectivity index (χ0) is 19.1. The number of methoxy groups -OCH3 is 2. The minimum Gasteiger partial charge on any atom is -0.493 e. The van der Waals surface area contributed by atoms with Crippen molar-refractivity contribution in [2.24, 2.45) is 0 Å². The van der Waals surface area contributed by atoms with Crippen LogP contribution in [-0.4, -0.2) is 24.9 Å². The monoisotopic (exact) mass is 370 g/mol. The second-order valence-corrected chi connectivity index (χ2v) is 6.45. The van der Waals surface area contributed by atoms with Crippen LogP contribution in [0.25, 0.3) is 0 Å². The van der Waals surface area contributed by atoms with Crippen molar-refractivity contribution in [3.63, 3.8) is 0 Å². The van der Waals surface area contributed by atoms with E-state index < -0.39 is 10.8 Å². The molecular weight excluding hydrogens is 352 g/mol. The molecule has 0 fully saturated rings. The number of fused-ring (bicyclic) bond motifs is 1. The fourth-order valence-electron chi connectivity index (χ4n) is 3.78. The summed E-state index contributed by atoms with van der Waals surface area (Å²) in [5, 5.41) is 14.4. The van der Waals surface area contributed by atoms with E-state index in [1.165, 1.54) is 13.2 Å². The van der Waals surface area contributed by atoms with Crippen LogP contribution in [0.15, 0.2) is 40.0 Å².